The number of Topliss-reactive ketones (excluding diaryl/α,β-unsaturated/α-hetero) is 1. The molecule has 32 heavy (non-hydrogen) atoms. The van der Waals surface area contributed by atoms with Gasteiger partial charge in [-0.3, -0.25) is 0 Å². The zero-order valence-electron chi connectivity index (χ0n) is 19.2. The molecule has 172 valence electrons. The molecule has 0 amide bonds. The van der Waals surface area contributed by atoms with Crippen LogP contribution in [0.4, 0.5) is 16.2 Å². The zero-order chi connectivity index (χ0) is 22.7. The molecule has 2 aromatic rings. The molecule has 0 spiro atoms. The van der Waals surface area contributed by atoms with Crippen LogP contribution in [0.25, 0.3) is 0 Å². The Balaban J connectivity index is 1.37. The van der Waals surface area contributed by atoms with Crippen molar-refractivity contribution in [3.05, 3.63) is 41.8 Å². The quantitative estimate of drug-likeness (QED) is 0.616. The van der Waals surface area contributed by atoms with Crippen LogP contribution in [0.5, 0.6) is 5.75 Å². The van der Waals surface area contributed by atoms with Crippen LogP contribution in [0.1, 0.15) is 70.8 Å². The molecular formula is C25H33FN4O2. The maximum Gasteiger partial charge on any atom is 0.225 e. The minimum atomic E-state index is -0.406. The van der Waals surface area contributed by atoms with E-state index in [1.165, 1.54) is 19.0 Å². The highest BCUT2D eigenvalue weighted by atomic mass is 19.1. The minimum Gasteiger partial charge on any atom is -0.489 e. The van der Waals surface area contributed by atoms with Crippen molar-refractivity contribution in [1.82, 2.24) is 9.97 Å². The van der Waals surface area contributed by atoms with Crippen LogP contribution in [0, 0.1) is 5.82 Å². The molecule has 1 saturated carbocycles. The number of carbonyl (C=O) groups excluding carboxylic acids is 1. The molecule has 0 unspecified atom stereocenters. The number of ketones is 1. The van der Waals surface area contributed by atoms with Gasteiger partial charge in [0.05, 0.1) is 12.7 Å². The summed E-state index contributed by atoms with van der Waals surface area (Å²) in [6.45, 7) is 7.11. The first kappa shape index (κ1) is 22.5. The fraction of sp³-hybridized carbons (Fsp3) is 0.560. The maximum absolute atomic E-state index is 14.5. The Bertz CT molecular complexity index is 943. The highest BCUT2D eigenvalue weighted by Gasteiger charge is 2.31. The number of carbonyl (C=O) groups is 1. The number of aromatic nitrogens is 2. The van der Waals surface area contributed by atoms with Crippen molar-refractivity contribution in [2.24, 2.45) is 0 Å². The largest absolute Gasteiger partial charge is 0.489 e. The lowest BCUT2D eigenvalue weighted by Crippen LogP contribution is -2.32. The summed E-state index contributed by atoms with van der Waals surface area (Å²) in [5.74, 6) is 1.59. The predicted molar refractivity (Wildman–Crippen MR) is 124 cm³/mol. The summed E-state index contributed by atoms with van der Waals surface area (Å²) < 4.78 is 20.7. The van der Waals surface area contributed by atoms with E-state index < -0.39 is 5.82 Å². The Morgan fingerprint density at radius 1 is 1.31 bits per heavy atom. The monoisotopic (exact) mass is 440 g/mol. The molecule has 0 radical (unpaired) electrons. The van der Waals surface area contributed by atoms with Crippen LogP contribution in [-0.2, 0) is 4.79 Å². The Morgan fingerprint density at radius 3 is 2.72 bits per heavy atom. The topological polar surface area (TPSA) is 67.3 Å². The van der Waals surface area contributed by atoms with Crippen LogP contribution in [0.3, 0.4) is 0 Å². The Hall–Kier alpha value is -2.70. The molecule has 1 aliphatic carbocycles. The van der Waals surface area contributed by atoms with Crippen molar-refractivity contribution in [1.29, 1.82) is 0 Å². The molecule has 2 atom stereocenters. The van der Waals surface area contributed by atoms with Crippen molar-refractivity contribution >= 4 is 17.5 Å². The van der Waals surface area contributed by atoms with Crippen LogP contribution in [-0.4, -0.2) is 40.5 Å². The van der Waals surface area contributed by atoms with Crippen molar-refractivity contribution in [2.75, 3.05) is 23.3 Å². The van der Waals surface area contributed by atoms with Gasteiger partial charge in [0.25, 0.3) is 0 Å². The van der Waals surface area contributed by atoms with Crippen LogP contribution >= 0.6 is 0 Å². The van der Waals surface area contributed by atoms with E-state index >= 15 is 0 Å². The van der Waals surface area contributed by atoms with E-state index in [0.29, 0.717) is 31.3 Å². The number of hydrogen-bond acceptors (Lipinski definition) is 6. The number of rotatable bonds is 8. The second-order valence-electron chi connectivity index (χ2n) is 9.61. The minimum absolute atomic E-state index is 0.0141. The fourth-order valence-corrected chi connectivity index (χ4v) is 4.82. The molecule has 2 heterocycles. The summed E-state index contributed by atoms with van der Waals surface area (Å²) >= 11 is 0. The summed E-state index contributed by atoms with van der Waals surface area (Å²) in [7, 11) is 0. The van der Waals surface area contributed by atoms with Gasteiger partial charge in [-0.1, -0.05) is 31.9 Å². The molecular weight excluding hydrogens is 407 g/mol. The maximum atomic E-state index is 14.5. The van der Waals surface area contributed by atoms with Gasteiger partial charge in [0.1, 0.15) is 17.6 Å². The molecule has 2 fully saturated rings. The third kappa shape index (κ3) is 5.37. The summed E-state index contributed by atoms with van der Waals surface area (Å²) in [5, 5.41) is 3.42. The van der Waals surface area contributed by atoms with Crippen LogP contribution in [0.15, 0.2) is 30.5 Å². The zero-order valence-corrected chi connectivity index (χ0v) is 19.2. The molecule has 1 aliphatic heterocycles. The van der Waals surface area contributed by atoms with Gasteiger partial charge >= 0.3 is 0 Å². The average Bonchev–Trinajstić information content (AvgIpc) is 3.39. The van der Waals surface area contributed by atoms with Crippen molar-refractivity contribution in [2.45, 2.75) is 76.9 Å². The van der Waals surface area contributed by atoms with Crippen molar-refractivity contribution in [3.63, 3.8) is 0 Å². The standard InChI is InChI=1S/C25H33FN4O2/c1-17(14-18(2)31)19-6-8-20(9-7-19)32-21-10-13-30(16-21)23-22(26)15-27-24(28-23)29-25(3)11-4-5-12-25/h6-9,15,17,21H,4-5,10-14,16H2,1-3H3,(H,27,28,29)/t17-,21-/m1/s1. The van der Waals surface area contributed by atoms with Gasteiger partial charge in [-0.05, 0) is 50.3 Å². The van der Waals surface area contributed by atoms with E-state index in [0.717, 1.165) is 30.6 Å². The predicted octanol–water partition coefficient (Wildman–Crippen LogP) is 5.10. The second-order valence-corrected chi connectivity index (χ2v) is 9.61. The number of anilines is 2. The first-order valence-corrected chi connectivity index (χ1v) is 11.6. The molecule has 1 N–H and O–H groups in total. The lowest BCUT2D eigenvalue weighted by Gasteiger charge is -2.26. The van der Waals surface area contributed by atoms with Gasteiger partial charge in [0.2, 0.25) is 5.95 Å². The molecule has 1 aromatic carbocycles. The van der Waals surface area contributed by atoms with Gasteiger partial charge in [-0.15, -0.1) is 0 Å². The van der Waals surface area contributed by atoms with E-state index in [1.807, 2.05) is 29.2 Å². The number of nitrogens with zero attached hydrogens (tertiary/aromatic N) is 3. The molecule has 1 saturated heterocycles. The molecule has 6 nitrogen and oxygen atoms in total. The summed E-state index contributed by atoms with van der Waals surface area (Å²) in [4.78, 5) is 22.0. The van der Waals surface area contributed by atoms with E-state index in [9.17, 15) is 9.18 Å². The summed E-state index contributed by atoms with van der Waals surface area (Å²) in [6, 6.07) is 7.93. The summed E-state index contributed by atoms with van der Waals surface area (Å²) in [6.07, 6.45) is 7.11. The third-order valence-corrected chi connectivity index (χ3v) is 6.64. The van der Waals surface area contributed by atoms with Gasteiger partial charge < -0.3 is 19.7 Å². The highest BCUT2D eigenvalue weighted by molar-refractivity contribution is 5.76. The molecule has 4 rings (SSSR count). The SMILES string of the molecule is CC(=O)C[C@@H](C)c1ccc(O[C@@H]2CCN(c3nc(NC4(C)CCCC4)ncc3F)C2)cc1. The molecule has 0 bridgehead atoms. The third-order valence-electron chi connectivity index (χ3n) is 6.64. The average molecular weight is 441 g/mol. The Morgan fingerprint density at radius 2 is 2.03 bits per heavy atom. The van der Waals surface area contributed by atoms with E-state index in [4.69, 9.17) is 4.74 Å². The normalized spacial score (nSPS) is 20.9. The number of halogens is 1. The fourth-order valence-electron chi connectivity index (χ4n) is 4.82. The van der Waals surface area contributed by atoms with Gasteiger partial charge in [0, 0.05) is 24.9 Å². The lowest BCUT2D eigenvalue weighted by atomic mass is 9.96. The molecule has 7 heteroatoms. The first-order chi connectivity index (χ1) is 15.3. The first-order valence-electron chi connectivity index (χ1n) is 11.6. The van der Waals surface area contributed by atoms with E-state index in [-0.39, 0.29) is 23.3 Å². The second kappa shape index (κ2) is 9.43. The smallest absolute Gasteiger partial charge is 0.225 e. The van der Waals surface area contributed by atoms with Gasteiger partial charge in [-0.25, -0.2) is 9.37 Å². The van der Waals surface area contributed by atoms with Crippen molar-refractivity contribution < 1.29 is 13.9 Å². The van der Waals surface area contributed by atoms with Gasteiger partial charge in [0.15, 0.2) is 11.6 Å². The molecule has 1 aromatic heterocycles. The van der Waals surface area contributed by atoms with Crippen LogP contribution < -0.4 is 15.0 Å². The van der Waals surface area contributed by atoms with E-state index in [1.54, 1.807) is 6.92 Å². The number of hydrogen-bond donors (Lipinski definition) is 1. The van der Waals surface area contributed by atoms with Gasteiger partial charge in [-0.2, -0.15) is 4.98 Å². The lowest BCUT2D eigenvalue weighted by molar-refractivity contribution is -0.117. The number of ether oxygens (including phenoxy) is 1. The Kier molecular flexibility index (Phi) is 6.63. The van der Waals surface area contributed by atoms with E-state index in [2.05, 4.69) is 29.1 Å². The number of benzene rings is 1. The summed E-state index contributed by atoms with van der Waals surface area (Å²) in [5.41, 5.74) is 1.11. The Labute approximate surface area is 189 Å². The van der Waals surface area contributed by atoms with Crippen LogP contribution in [0.2, 0.25) is 0 Å². The van der Waals surface area contributed by atoms with Crippen molar-refractivity contribution in [3.8, 4) is 5.75 Å². The molecule has 2 aliphatic rings. The highest BCUT2D eigenvalue weighted by Crippen LogP contribution is 2.33. The number of nitrogens with one attached hydrogen (secondary N) is 1.